The molecule has 0 amide bonds. The van der Waals surface area contributed by atoms with E-state index in [1.165, 1.54) is 24.8 Å². The van der Waals surface area contributed by atoms with Crippen LogP contribution in [0, 0.1) is 5.92 Å². The molecule has 16 heavy (non-hydrogen) atoms. The third kappa shape index (κ3) is 2.49. The molecule has 0 aromatic rings. The molecule has 0 aliphatic carbocycles. The van der Waals surface area contributed by atoms with Crippen LogP contribution in [0.2, 0.25) is 0 Å². The standard InChI is InChI=1S/C14H25NO/c1-11(2)8-12-9-14(3,16)13-6-4-5-7-15(13)10-12/h8,11,13,16H,4-7,9-10H2,1-3H3/b12-8-/t13-,14-/m1/s1. The van der Waals surface area contributed by atoms with Crippen molar-refractivity contribution < 1.29 is 5.11 Å². The second kappa shape index (κ2) is 4.50. The number of rotatable bonds is 1. The number of nitrogens with zero attached hydrogens (tertiary/aromatic N) is 1. The molecule has 0 aromatic heterocycles. The van der Waals surface area contributed by atoms with Crippen molar-refractivity contribution in [3.05, 3.63) is 11.6 Å². The smallest absolute Gasteiger partial charge is 0.0811 e. The van der Waals surface area contributed by atoms with Crippen molar-refractivity contribution in [2.24, 2.45) is 5.92 Å². The van der Waals surface area contributed by atoms with Gasteiger partial charge in [0.15, 0.2) is 0 Å². The fraction of sp³-hybridized carbons (Fsp3) is 0.857. The maximum atomic E-state index is 10.6. The van der Waals surface area contributed by atoms with Gasteiger partial charge in [0.25, 0.3) is 0 Å². The number of allylic oxidation sites excluding steroid dienone is 1. The molecule has 2 aliphatic rings. The zero-order chi connectivity index (χ0) is 11.8. The fourth-order valence-electron chi connectivity index (χ4n) is 3.36. The van der Waals surface area contributed by atoms with Crippen LogP contribution >= 0.6 is 0 Å². The second-order valence-corrected chi connectivity index (χ2v) is 6.08. The Hall–Kier alpha value is -0.340. The van der Waals surface area contributed by atoms with E-state index in [-0.39, 0.29) is 0 Å². The van der Waals surface area contributed by atoms with Crippen LogP contribution in [0.3, 0.4) is 0 Å². The van der Waals surface area contributed by atoms with E-state index >= 15 is 0 Å². The van der Waals surface area contributed by atoms with E-state index < -0.39 is 5.60 Å². The Morgan fingerprint density at radius 2 is 2.19 bits per heavy atom. The average molecular weight is 223 g/mol. The molecule has 1 N–H and O–H groups in total. The molecule has 2 saturated heterocycles. The second-order valence-electron chi connectivity index (χ2n) is 6.08. The molecule has 2 aliphatic heterocycles. The van der Waals surface area contributed by atoms with E-state index in [0.717, 1.165) is 19.5 Å². The van der Waals surface area contributed by atoms with Crippen molar-refractivity contribution >= 4 is 0 Å². The van der Waals surface area contributed by atoms with Gasteiger partial charge in [0.2, 0.25) is 0 Å². The van der Waals surface area contributed by atoms with Crippen LogP contribution in [0.4, 0.5) is 0 Å². The summed E-state index contributed by atoms with van der Waals surface area (Å²) >= 11 is 0. The lowest BCUT2D eigenvalue weighted by molar-refractivity contribution is -0.0641. The van der Waals surface area contributed by atoms with Crippen molar-refractivity contribution in [2.75, 3.05) is 13.1 Å². The van der Waals surface area contributed by atoms with Crippen LogP contribution in [0.1, 0.15) is 46.5 Å². The van der Waals surface area contributed by atoms with E-state index in [0.29, 0.717) is 12.0 Å². The summed E-state index contributed by atoms with van der Waals surface area (Å²) in [4.78, 5) is 2.49. The molecule has 0 unspecified atom stereocenters. The molecule has 0 spiro atoms. The first-order valence-electron chi connectivity index (χ1n) is 6.65. The predicted molar refractivity (Wildman–Crippen MR) is 67.4 cm³/mol. The van der Waals surface area contributed by atoms with Gasteiger partial charge in [-0.2, -0.15) is 0 Å². The minimum absolute atomic E-state index is 0.394. The van der Waals surface area contributed by atoms with Gasteiger partial charge < -0.3 is 5.11 Å². The number of fused-ring (bicyclic) bond motifs is 1. The van der Waals surface area contributed by atoms with Gasteiger partial charge in [-0.3, -0.25) is 4.90 Å². The van der Waals surface area contributed by atoms with Gasteiger partial charge in [-0.05, 0) is 38.6 Å². The van der Waals surface area contributed by atoms with Gasteiger partial charge in [-0.1, -0.05) is 31.9 Å². The highest BCUT2D eigenvalue weighted by atomic mass is 16.3. The summed E-state index contributed by atoms with van der Waals surface area (Å²) in [5.74, 6) is 0.590. The first-order chi connectivity index (χ1) is 7.49. The van der Waals surface area contributed by atoms with Gasteiger partial charge in [-0.25, -0.2) is 0 Å². The van der Waals surface area contributed by atoms with E-state index in [1.807, 2.05) is 6.92 Å². The Kier molecular flexibility index (Phi) is 3.41. The van der Waals surface area contributed by atoms with Gasteiger partial charge in [0, 0.05) is 12.6 Å². The van der Waals surface area contributed by atoms with E-state index in [4.69, 9.17) is 0 Å². The van der Waals surface area contributed by atoms with Crippen LogP contribution in [0.25, 0.3) is 0 Å². The molecule has 2 fully saturated rings. The van der Waals surface area contributed by atoms with Crippen molar-refractivity contribution in [1.29, 1.82) is 0 Å². The Morgan fingerprint density at radius 3 is 2.88 bits per heavy atom. The molecular weight excluding hydrogens is 198 g/mol. The molecule has 92 valence electrons. The van der Waals surface area contributed by atoms with Crippen molar-refractivity contribution in [3.63, 3.8) is 0 Å². The topological polar surface area (TPSA) is 23.5 Å². The number of hydrogen-bond acceptors (Lipinski definition) is 2. The molecule has 0 saturated carbocycles. The maximum Gasteiger partial charge on any atom is 0.0811 e. The molecular formula is C14H25NO. The van der Waals surface area contributed by atoms with Gasteiger partial charge in [-0.15, -0.1) is 0 Å². The minimum atomic E-state index is -0.514. The Labute approximate surface area is 99.3 Å². The number of aliphatic hydroxyl groups is 1. The highest BCUT2D eigenvalue weighted by Gasteiger charge is 2.41. The Balaban J connectivity index is 2.15. The van der Waals surface area contributed by atoms with Crippen molar-refractivity contribution in [2.45, 2.75) is 58.1 Å². The van der Waals surface area contributed by atoms with Gasteiger partial charge in [0.1, 0.15) is 0 Å². The lowest BCUT2D eigenvalue weighted by atomic mass is 9.78. The number of piperidine rings is 2. The summed E-state index contributed by atoms with van der Waals surface area (Å²) in [6.45, 7) is 8.69. The van der Waals surface area contributed by atoms with Gasteiger partial charge in [0.05, 0.1) is 5.60 Å². The zero-order valence-electron chi connectivity index (χ0n) is 10.9. The molecule has 0 aromatic carbocycles. The number of hydrogen-bond donors (Lipinski definition) is 1. The van der Waals surface area contributed by atoms with Crippen LogP contribution in [0.15, 0.2) is 11.6 Å². The summed E-state index contributed by atoms with van der Waals surface area (Å²) in [5.41, 5.74) is 0.914. The molecule has 2 rings (SSSR count). The fourth-order valence-corrected chi connectivity index (χ4v) is 3.36. The van der Waals surface area contributed by atoms with Crippen molar-refractivity contribution in [3.8, 4) is 0 Å². The van der Waals surface area contributed by atoms with E-state index in [1.54, 1.807) is 0 Å². The van der Waals surface area contributed by atoms with Crippen LogP contribution < -0.4 is 0 Å². The summed E-state index contributed by atoms with van der Waals surface area (Å²) in [6.07, 6.45) is 6.94. The molecule has 2 heteroatoms. The molecule has 0 bridgehead atoms. The Morgan fingerprint density at radius 1 is 1.44 bits per heavy atom. The molecule has 0 radical (unpaired) electrons. The predicted octanol–water partition coefficient (Wildman–Crippen LogP) is 2.58. The molecule has 2 nitrogen and oxygen atoms in total. The normalized spacial score (nSPS) is 39.1. The van der Waals surface area contributed by atoms with Gasteiger partial charge >= 0.3 is 0 Å². The minimum Gasteiger partial charge on any atom is -0.388 e. The lowest BCUT2D eigenvalue weighted by Gasteiger charge is -2.49. The summed E-state index contributed by atoms with van der Waals surface area (Å²) < 4.78 is 0. The third-order valence-corrected chi connectivity index (χ3v) is 3.89. The monoisotopic (exact) mass is 223 g/mol. The summed E-state index contributed by atoms with van der Waals surface area (Å²) in [6, 6.07) is 0.394. The summed E-state index contributed by atoms with van der Waals surface area (Å²) in [7, 11) is 0. The first kappa shape index (κ1) is 12.1. The first-order valence-corrected chi connectivity index (χ1v) is 6.65. The summed E-state index contributed by atoms with van der Waals surface area (Å²) in [5, 5.41) is 10.6. The largest absolute Gasteiger partial charge is 0.388 e. The SMILES string of the molecule is CC(C)/C=C1\CN2CCCC[C@@H]2[C@](C)(O)C1. The zero-order valence-corrected chi connectivity index (χ0v) is 10.9. The third-order valence-electron chi connectivity index (χ3n) is 3.89. The molecule has 2 atom stereocenters. The van der Waals surface area contributed by atoms with E-state index in [9.17, 15) is 5.11 Å². The highest BCUT2D eigenvalue weighted by molar-refractivity contribution is 5.16. The van der Waals surface area contributed by atoms with E-state index in [2.05, 4.69) is 24.8 Å². The Bertz CT molecular complexity index is 280. The van der Waals surface area contributed by atoms with Crippen molar-refractivity contribution in [1.82, 2.24) is 4.90 Å². The highest BCUT2D eigenvalue weighted by Crippen LogP contribution is 2.36. The maximum absolute atomic E-state index is 10.6. The van der Waals surface area contributed by atoms with Crippen LogP contribution in [-0.4, -0.2) is 34.7 Å². The quantitative estimate of drug-likeness (QED) is 0.691. The molecule has 2 heterocycles. The van der Waals surface area contributed by atoms with Crippen LogP contribution in [-0.2, 0) is 0 Å². The lowest BCUT2D eigenvalue weighted by Crippen LogP contribution is -2.57. The van der Waals surface area contributed by atoms with Crippen LogP contribution in [0.5, 0.6) is 0 Å². The average Bonchev–Trinajstić information content (AvgIpc) is 2.15.